The van der Waals surface area contributed by atoms with Crippen LogP contribution in [0.1, 0.15) is 31.7 Å². The summed E-state index contributed by atoms with van der Waals surface area (Å²) in [6.45, 7) is 3.73. The summed E-state index contributed by atoms with van der Waals surface area (Å²) in [5.41, 5.74) is 5.29. The Labute approximate surface area is 158 Å². The molecular weight excluding hydrogens is 345 g/mol. The SMILES string of the molecule is C/C(=N/NC(=O)COc1ccccc1F)c1ccc(N2CCCCC2)cc1. The van der Waals surface area contributed by atoms with Crippen LogP contribution in [0.15, 0.2) is 53.6 Å². The lowest BCUT2D eigenvalue weighted by atomic mass is 10.1. The van der Waals surface area contributed by atoms with Gasteiger partial charge in [-0.3, -0.25) is 4.79 Å². The third-order valence-corrected chi connectivity index (χ3v) is 4.55. The minimum absolute atomic E-state index is 0.0432. The molecule has 5 nitrogen and oxygen atoms in total. The molecule has 0 aromatic heterocycles. The van der Waals surface area contributed by atoms with Crippen LogP contribution in [0, 0.1) is 5.82 Å². The van der Waals surface area contributed by atoms with E-state index >= 15 is 0 Å². The topological polar surface area (TPSA) is 53.9 Å². The van der Waals surface area contributed by atoms with Crippen LogP contribution < -0.4 is 15.1 Å². The molecule has 1 aliphatic heterocycles. The minimum Gasteiger partial charge on any atom is -0.481 e. The van der Waals surface area contributed by atoms with Crippen molar-refractivity contribution in [3.63, 3.8) is 0 Å². The standard InChI is InChI=1S/C21H24FN3O2/c1-16(17-9-11-18(12-10-17)25-13-5-2-6-14-25)23-24-21(26)15-27-20-8-4-3-7-19(20)22/h3-4,7-12H,2,5-6,13-15H2,1H3,(H,24,26)/b23-16-. The van der Waals surface area contributed by atoms with Gasteiger partial charge in [0.25, 0.3) is 5.91 Å². The first-order valence-corrected chi connectivity index (χ1v) is 9.19. The van der Waals surface area contributed by atoms with E-state index in [-0.39, 0.29) is 12.4 Å². The number of amides is 1. The summed E-state index contributed by atoms with van der Waals surface area (Å²) in [6, 6.07) is 14.1. The highest BCUT2D eigenvalue weighted by atomic mass is 19.1. The number of carbonyl (C=O) groups is 1. The van der Waals surface area contributed by atoms with Gasteiger partial charge in [-0.15, -0.1) is 0 Å². The fourth-order valence-electron chi connectivity index (χ4n) is 3.01. The van der Waals surface area contributed by atoms with Crippen molar-refractivity contribution in [1.29, 1.82) is 0 Å². The van der Waals surface area contributed by atoms with Gasteiger partial charge in [-0.05, 0) is 56.0 Å². The number of rotatable bonds is 6. The zero-order valence-electron chi connectivity index (χ0n) is 15.5. The Morgan fingerprint density at radius 1 is 1.11 bits per heavy atom. The van der Waals surface area contributed by atoms with E-state index in [0.717, 1.165) is 18.7 Å². The highest BCUT2D eigenvalue weighted by molar-refractivity contribution is 5.99. The number of nitrogens with zero attached hydrogens (tertiary/aromatic N) is 2. The second-order valence-corrected chi connectivity index (χ2v) is 6.55. The normalized spacial score (nSPS) is 14.7. The molecule has 2 aromatic rings. The van der Waals surface area contributed by atoms with E-state index < -0.39 is 11.7 Å². The van der Waals surface area contributed by atoms with Crippen LogP contribution >= 0.6 is 0 Å². The lowest BCUT2D eigenvalue weighted by Crippen LogP contribution is -2.29. The second kappa shape index (κ2) is 9.16. The van der Waals surface area contributed by atoms with Crippen LogP contribution in [0.5, 0.6) is 5.75 Å². The Morgan fingerprint density at radius 2 is 1.81 bits per heavy atom. The molecule has 0 aliphatic carbocycles. The van der Waals surface area contributed by atoms with Crippen molar-refractivity contribution in [3.8, 4) is 5.75 Å². The van der Waals surface area contributed by atoms with Crippen LogP contribution in [0.3, 0.4) is 0 Å². The lowest BCUT2D eigenvalue weighted by molar-refractivity contribution is -0.123. The molecule has 0 unspecified atom stereocenters. The summed E-state index contributed by atoms with van der Waals surface area (Å²) >= 11 is 0. The van der Waals surface area contributed by atoms with E-state index in [9.17, 15) is 9.18 Å². The van der Waals surface area contributed by atoms with E-state index in [2.05, 4.69) is 27.6 Å². The average Bonchev–Trinajstić information content (AvgIpc) is 2.72. The van der Waals surface area contributed by atoms with Crippen LogP contribution in [0.2, 0.25) is 0 Å². The first-order valence-electron chi connectivity index (χ1n) is 9.19. The predicted octanol–water partition coefficient (Wildman–Crippen LogP) is 3.74. The van der Waals surface area contributed by atoms with Crippen LogP contribution in [0.25, 0.3) is 0 Å². The number of para-hydroxylation sites is 1. The number of halogens is 1. The molecule has 1 fully saturated rings. The third-order valence-electron chi connectivity index (χ3n) is 4.55. The van der Waals surface area contributed by atoms with E-state index in [1.165, 1.54) is 37.1 Å². The summed E-state index contributed by atoms with van der Waals surface area (Å²) in [7, 11) is 0. The Morgan fingerprint density at radius 3 is 2.52 bits per heavy atom. The summed E-state index contributed by atoms with van der Waals surface area (Å²) in [6.07, 6.45) is 3.78. The number of ether oxygens (including phenoxy) is 1. The maximum absolute atomic E-state index is 13.5. The molecule has 0 saturated carbocycles. The molecule has 0 bridgehead atoms. The number of benzene rings is 2. The zero-order valence-corrected chi connectivity index (χ0v) is 15.5. The van der Waals surface area contributed by atoms with E-state index in [4.69, 9.17) is 4.74 Å². The van der Waals surface area contributed by atoms with Gasteiger partial charge in [-0.1, -0.05) is 24.3 Å². The van der Waals surface area contributed by atoms with Gasteiger partial charge in [-0.25, -0.2) is 9.82 Å². The van der Waals surface area contributed by atoms with E-state index in [1.807, 2.05) is 19.1 Å². The van der Waals surface area contributed by atoms with E-state index in [1.54, 1.807) is 12.1 Å². The molecule has 0 spiro atoms. The molecule has 142 valence electrons. The predicted molar refractivity (Wildman–Crippen MR) is 105 cm³/mol. The smallest absolute Gasteiger partial charge is 0.277 e. The largest absolute Gasteiger partial charge is 0.481 e. The van der Waals surface area contributed by atoms with Crippen molar-refractivity contribution < 1.29 is 13.9 Å². The number of hydrazone groups is 1. The average molecular weight is 369 g/mol. The number of carbonyl (C=O) groups excluding carboxylic acids is 1. The molecular formula is C21H24FN3O2. The summed E-state index contributed by atoms with van der Waals surface area (Å²) in [5, 5.41) is 4.10. The minimum atomic E-state index is -0.501. The second-order valence-electron chi connectivity index (χ2n) is 6.55. The lowest BCUT2D eigenvalue weighted by Gasteiger charge is -2.28. The van der Waals surface area contributed by atoms with Gasteiger partial charge in [0, 0.05) is 18.8 Å². The third kappa shape index (κ3) is 5.29. The highest BCUT2D eigenvalue weighted by Crippen LogP contribution is 2.20. The first kappa shape index (κ1) is 18.9. The van der Waals surface area contributed by atoms with Crippen LogP contribution in [-0.4, -0.2) is 31.3 Å². The van der Waals surface area contributed by atoms with Gasteiger partial charge in [0.1, 0.15) is 0 Å². The number of piperidine rings is 1. The van der Waals surface area contributed by atoms with Gasteiger partial charge in [-0.2, -0.15) is 5.10 Å². The molecule has 27 heavy (non-hydrogen) atoms. The summed E-state index contributed by atoms with van der Waals surface area (Å²) in [5.74, 6) is -0.900. The molecule has 0 atom stereocenters. The molecule has 2 aromatic carbocycles. The Kier molecular flexibility index (Phi) is 6.41. The van der Waals surface area contributed by atoms with E-state index in [0.29, 0.717) is 5.71 Å². The van der Waals surface area contributed by atoms with Crippen LogP contribution in [-0.2, 0) is 4.79 Å². The molecule has 0 radical (unpaired) electrons. The van der Waals surface area contributed by atoms with Crippen molar-refractivity contribution in [3.05, 3.63) is 59.9 Å². The fraction of sp³-hybridized carbons (Fsp3) is 0.333. The van der Waals surface area contributed by atoms with Crippen LogP contribution in [0.4, 0.5) is 10.1 Å². The van der Waals surface area contributed by atoms with Gasteiger partial charge in [0.15, 0.2) is 18.2 Å². The van der Waals surface area contributed by atoms with Crippen molar-refractivity contribution in [2.24, 2.45) is 5.10 Å². The van der Waals surface area contributed by atoms with Crippen molar-refractivity contribution in [2.45, 2.75) is 26.2 Å². The maximum Gasteiger partial charge on any atom is 0.277 e. The number of nitrogens with one attached hydrogen (secondary N) is 1. The molecule has 6 heteroatoms. The molecule has 1 heterocycles. The van der Waals surface area contributed by atoms with Gasteiger partial charge in [0.05, 0.1) is 5.71 Å². The molecule has 1 amide bonds. The first-order chi connectivity index (χ1) is 13.1. The monoisotopic (exact) mass is 369 g/mol. The van der Waals surface area contributed by atoms with Gasteiger partial charge in [0.2, 0.25) is 0 Å². The van der Waals surface area contributed by atoms with Crippen molar-refractivity contribution in [1.82, 2.24) is 5.43 Å². The summed E-state index contributed by atoms with van der Waals surface area (Å²) < 4.78 is 18.6. The van der Waals surface area contributed by atoms with Gasteiger partial charge >= 0.3 is 0 Å². The van der Waals surface area contributed by atoms with Crippen molar-refractivity contribution in [2.75, 3.05) is 24.6 Å². The summed E-state index contributed by atoms with van der Waals surface area (Å²) in [4.78, 5) is 14.2. The number of anilines is 1. The number of hydrogen-bond donors (Lipinski definition) is 1. The maximum atomic E-state index is 13.5. The zero-order chi connectivity index (χ0) is 19.1. The fourth-order valence-corrected chi connectivity index (χ4v) is 3.01. The Balaban J connectivity index is 1.52. The molecule has 1 aliphatic rings. The molecule has 1 N–H and O–H groups in total. The highest BCUT2D eigenvalue weighted by Gasteiger charge is 2.11. The number of hydrogen-bond acceptors (Lipinski definition) is 4. The quantitative estimate of drug-likeness (QED) is 0.623. The van der Waals surface area contributed by atoms with Gasteiger partial charge < -0.3 is 9.64 Å². The van der Waals surface area contributed by atoms with Crippen molar-refractivity contribution >= 4 is 17.3 Å². The molecule has 3 rings (SSSR count). The Hall–Kier alpha value is -2.89. The Bertz CT molecular complexity index is 799. The molecule has 1 saturated heterocycles.